The number of carbonyl (C=O) groups is 1. The quantitative estimate of drug-likeness (QED) is 0.309. The van der Waals surface area contributed by atoms with Crippen molar-refractivity contribution in [3.8, 4) is 5.69 Å². The van der Waals surface area contributed by atoms with Gasteiger partial charge in [0.1, 0.15) is 0 Å². The first-order chi connectivity index (χ1) is 15.1. The van der Waals surface area contributed by atoms with E-state index in [4.69, 9.17) is 16.6 Å². The first-order valence-corrected chi connectivity index (χ1v) is 11.1. The second kappa shape index (κ2) is 9.37. The standard InChI is InChI=1S/C24H20ClN3O2S/c1-2-21(22(29)26-17-14-12-16(25)13-15-17)31-24-27-20-11-7-6-10-19(20)23(30)28(24)18-8-4-3-5-9-18/h3-15,21H,2H2,1H3,(H,26,29). The van der Waals surface area contributed by atoms with Gasteiger partial charge in [-0.25, -0.2) is 4.98 Å². The number of aromatic nitrogens is 2. The van der Waals surface area contributed by atoms with E-state index in [-0.39, 0.29) is 11.5 Å². The number of thioether (sulfide) groups is 1. The van der Waals surface area contributed by atoms with E-state index in [9.17, 15) is 9.59 Å². The lowest BCUT2D eigenvalue weighted by molar-refractivity contribution is -0.115. The molecular formula is C24H20ClN3O2S. The van der Waals surface area contributed by atoms with Crippen molar-refractivity contribution >= 4 is 45.9 Å². The van der Waals surface area contributed by atoms with Gasteiger partial charge in [0.25, 0.3) is 5.56 Å². The van der Waals surface area contributed by atoms with Gasteiger partial charge in [-0.2, -0.15) is 0 Å². The van der Waals surface area contributed by atoms with Crippen LogP contribution < -0.4 is 10.9 Å². The molecule has 7 heteroatoms. The smallest absolute Gasteiger partial charge is 0.266 e. The lowest BCUT2D eigenvalue weighted by Crippen LogP contribution is -2.27. The van der Waals surface area contributed by atoms with Crippen LogP contribution in [0.3, 0.4) is 0 Å². The summed E-state index contributed by atoms with van der Waals surface area (Å²) in [5.74, 6) is -0.156. The lowest BCUT2D eigenvalue weighted by Gasteiger charge is -2.18. The molecule has 1 amide bonds. The molecule has 0 aliphatic rings. The Kier molecular flexibility index (Phi) is 6.39. The van der Waals surface area contributed by atoms with Crippen LogP contribution in [0.2, 0.25) is 5.02 Å². The van der Waals surface area contributed by atoms with Crippen molar-refractivity contribution < 1.29 is 4.79 Å². The highest BCUT2D eigenvalue weighted by Crippen LogP contribution is 2.28. The third-order valence-electron chi connectivity index (χ3n) is 4.78. The van der Waals surface area contributed by atoms with E-state index in [0.717, 1.165) is 0 Å². The van der Waals surface area contributed by atoms with Crippen LogP contribution in [0.5, 0.6) is 0 Å². The molecule has 5 nitrogen and oxygen atoms in total. The maximum Gasteiger partial charge on any atom is 0.266 e. The van der Waals surface area contributed by atoms with Crippen molar-refractivity contribution in [1.82, 2.24) is 9.55 Å². The number of hydrogen-bond donors (Lipinski definition) is 1. The zero-order valence-electron chi connectivity index (χ0n) is 16.8. The van der Waals surface area contributed by atoms with Gasteiger partial charge in [0, 0.05) is 10.7 Å². The summed E-state index contributed by atoms with van der Waals surface area (Å²) >= 11 is 7.21. The van der Waals surface area contributed by atoms with Crippen molar-refractivity contribution in [3.05, 3.63) is 94.2 Å². The van der Waals surface area contributed by atoms with E-state index in [0.29, 0.717) is 38.9 Å². The van der Waals surface area contributed by atoms with Crippen molar-refractivity contribution in [2.75, 3.05) is 5.32 Å². The number of nitrogens with one attached hydrogen (secondary N) is 1. The summed E-state index contributed by atoms with van der Waals surface area (Å²) in [6.45, 7) is 1.94. The van der Waals surface area contributed by atoms with Crippen LogP contribution in [0, 0.1) is 0 Å². The molecule has 0 saturated carbocycles. The van der Waals surface area contributed by atoms with Crippen LogP contribution in [0.1, 0.15) is 13.3 Å². The van der Waals surface area contributed by atoms with Crippen molar-refractivity contribution in [2.45, 2.75) is 23.8 Å². The largest absolute Gasteiger partial charge is 0.325 e. The predicted molar refractivity (Wildman–Crippen MR) is 127 cm³/mol. The number of amides is 1. The molecule has 0 aliphatic heterocycles. The van der Waals surface area contributed by atoms with Crippen LogP contribution in [-0.2, 0) is 4.79 Å². The molecule has 4 rings (SSSR count). The van der Waals surface area contributed by atoms with Crippen LogP contribution in [0.15, 0.2) is 88.8 Å². The zero-order valence-corrected chi connectivity index (χ0v) is 18.4. The number of fused-ring (bicyclic) bond motifs is 1. The Morgan fingerprint density at radius 3 is 2.42 bits per heavy atom. The molecule has 1 N–H and O–H groups in total. The maximum atomic E-state index is 13.3. The number of benzene rings is 3. The fourth-order valence-corrected chi connectivity index (χ4v) is 4.36. The minimum atomic E-state index is -0.432. The molecule has 0 bridgehead atoms. The van der Waals surface area contributed by atoms with E-state index in [1.807, 2.05) is 55.5 Å². The molecule has 0 fully saturated rings. The molecule has 156 valence electrons. The molecule has 31 heavy (non-hydrogen) atoms. The summed E-state index contributed by atoms with van der Waals surface area (Å²) in [5, 5.41) is 4.11. The molecule has 3 aromatic carbocycles. The van der Waals surface area contributed by atoms with Crippen molar-refractivity contribution in [3.63, 3.8) is 0 Å². The Balaban J connectivity index is 1.72. The lowest BCUT2D eigenvalue weighted by atomic mass is 10.2. The summed E-state index contributed by atoms with van der Waals surface area (Å²) in [4.78, 5) is 31.0. The Morgan fingerprint density at radius 2 is 1.71 bits per heavy atom. The van der Waals surface area contributed by atoms with Crippen molar-refractivity contribution in [1.29, 1.82) is 0 Å². The summed E-state index contributed by atoms with van der Waals surface area (Å²) in [6.07, 6.45) is 0.571. The molecule has 1 heterocycles. The van der Waals surface area contributed by atoms with Crippen molar-refractivity contribution in [2.24, 2.45) is 0 Å². The van der Waals surface area contributed by atoms with E-state index in [1.54, 1.807) is 34.9 Å². The molecule has 1 aromatic heterocycles. The minimum Gasteiger partial charge on any atom is -0.325 e. The topological polar surface area (TPSA) is 64.0 Å². The summed E-state index contributed by atoms with van der Waals surface area (Å²) < 4.78 is 1.57. The molecule has 4 aromatic rings. The van der Waals surface area contributed by atoms with Crippen LogP contribution in [0.25, 0.3) is 16.6 Å². The minimum absolute atomic E-state index is 0.156. The number of halogens is 1. The van der Waals surface area contributed by atoms with E-state index < -0.39 is 5.25 Å². The Labute approximate surface area is 189 Å². The molecule has 1 unspecified atom stereocenters. The molecule has 1 atom stereocenters. The predicted octanol–water partition coefficient (Wildman–Crippen LogP) is 5.55. The third kappa shape index (κ3) is 4.65. The second-order valence-electron chi connectivity index (χ2n) is 6.90. The Morgan fingerprint density at radius 1 is 1.03 bits per heavy atom. The molecule has 0 saturated heterocycles. The number of carbonyl (C=O) groups excluding carboxylic acids is 1. The number of anilines is 1. The first kappa shape index (κ1) is 21.2. The Bertz CT molecular complexity index is 1270. The maximum absolute atomic E-state index is 13.3. The zero-order chi connectivity index (χ0) is 21.8. The second-order valence-corrected chi connectivity index (χ2v) is 8.50. The highest BCUT2D eigenvalue weighted by atomic mass is 35.5. The van der Waals surface area contributed by atoms with Gasteiger partial charge in [-0.15, -0.1) is 0 Å². The average Bonchev–Trinajstić information content (AvgIpc) is 2.79. The summed E-state index contributed by atoms with van der Waals surface area (Å²) in [7, 11) is 0. The Hall–Kier alpha value is -3.09. The summed E-state index contributed by atoms with van der Waals surface area (Å²) in [6, 6.07) is 23.6. The normalized spacial score (nSPS) is 11.9. The van der Waals surface area contributed by atoms with Gasteiger partial charge in [-0.1, -0.05) is 60.6 Å². The van der Waals surface area contributed by atoms with Gasteiger partial charge in [0.15, 0.2) is 5.16 Å². The van der Waals surface area contributed by atoms with Gasteiger partial charge in [0.2, 0.25) is 5.91 Å². The molecule has 0 spiro atoms. The monoisotopic (exact) mass is 449 g/mol. The molecular weight excluding hydrogens is 430 g/mol. The fraction of sp³-hybridized carbons (Fsp3) is 0.125. The van der Waals surface area contributed by atoms with Gasteiger partial charge in [-0.3, -0.25) is 14.2 Å². The van der Waals surface area contributed by atoms with Gasteiger partial charge >= 0.3 is 0 Å². The van der Waals surface area contributed by atoms with E-state index in [1.165, 1.54) is 11.8 Å². The highest BCUT2D eigenvalue weighted by molar-refractivity contribution is 8.00. The summed E-state index contributed by atoms with van der Waals surface area (Å²) in [5.41, 5.74) is 1.82. The third-order valence-corrected chi connectivity index (χ3v) is 6.35. The average molecular weight is 450 g/mol. The molecule has 0 aliphatic carbocycles. The van der Waals surface area contributed by atoms with Gasteiger partial charge in [-0.05, 0) is 55.0 Å². The first-order valence-electron chi connectivity index (χ1n) is 9.87. The number of rotatable bonds is 6. The van der Waals surface area contributed by atoms with Crippen LogP contribution >= 0.6 is 23.4 Å². The number of nitrogens with zero attached hydrogens (tertiary/aromatic N) is 2. The SMILES string of the molecule is CCC(Sc1nc2ccccc2c(=O)n1-c1ccccc1)C(=O)Nc1ccc(Cl)cc1. The number of para-hydroxylation sites is 2. The van der Waals surface area contributed by atoms with E-state index >= 15 is 0 Å². The fourth-order valence-electron chi connectivity index (χ4n) is 3.20. The van der Waals surface area contributed by atoms with Crippen LogP contribution in [-0.4, -0.2) is 20.7 Å². The van der Waals surface area contributed by atoms with E-state index in [2.05, 4.69) is 5.32 Å². The van der Waals surface area contributed by atoms with Crippen LogP contribution in [0.4, 0.5) is 5.69 Å². The molecule has 0 radical (unpaired) electrons. The van der Waals surface area contributed by atoms with Gasteiger partial charge in [0.05, 0.1) is 21.8 Å². The number of hydrogen-bond acceptors (Lipinski definition) is 4. The van der Waals surface area contributed by atoms with Gasteiger partial charge < -0.3 is 5.32 Å². The highest BCUT2D eigenvalue weighted by Gasteiger charge is 2.22.